The summed E-state index contributed by atoms with van der Waals surface area (Å²) in [5, 5.41) is 3.48. The molecule has 0 aromatic carbocycles. The second kappa shape index (κ2) is 5.52. The van der Waals surface area contributed by atoms with Gasteiger partial charge in [-0.15, -0.1) is 0 Å². The Bertz CT molecular complexity index is 422. The Balaban J connectivity index is 2.14. The van der Waals surface area contributed by atoms with Gasteiger partial charge in [0, 0.05) is 24.6 Å². The fourth-order valence-corrected chi connectivity index (χ4v) is 2.20. The SMILES string of the molecule is CCc1nc(N)c(C)c(NC2CCOC(C)C2)n1. The minimum absolute atomic E-state index is 0.307. The molecule has 5 heteroatoms. The van der Waals surface area contributed by atoms with Gasteiger partial charge in [-0.25, -0.2) is 9.97 Å². The molecule has 0 saturated carbocycles. The lowest BCUT2D eigenvalue weighted by Crippen LogP contribution is -2.33. The van der Waals surface area contributed by atoms with Crippen LogP contribution in [0.5, 0.6) is 0 Å². The lowest BCUT2D eigenvalue weighted by molar-refractivity contribution is 0.0231. The van der Waals surface area contributed by atoms with Crippen molar-refractivity contribution in [3.8, 4) is 0 Å². The maximum Gasteiger partial charge on any atom is 0.134 e. The van der Waals surface area contributed by atoms with E-state index in [0.717, 1.165) is 43.1 Å². The largest absolute Gasteiger partial charge is 0.383 e. The smallest absolute Gasteiger partial charge is 0.134 e. The predicted octanol–water partition coefficient (Wildman–Crippen LogP) is 1.91. The van der Waals surface area contributed by atoms with Gasteiger partial charge < -0.3 is 15.8 Å². The first-order chi connectivity index (χ1) is 8.60. The van der Waals surface area contributed by atoms with Crippen LogP contribution in [0.3, 0.4) is 0 Å². The van der Waals surface area contributed by atoms with Crippen LogP contribution in [0.15, 0.2) is 0 Å². The van der Waals surface area contributed by atoms with Gasteiger partial charge in [-0.1, -0.05) is 6.92 Å². The van der Waals surface area contributed by atoms with Crippen molar-refractivity contribution < 1.29 is 4.74 Å². The molecule has 1 aromatic rings. The van der Waals surface area contributed by atoms with Crippen molar-refractivity contribution in [2.24, 2.45) is 0 Å². The molecule has 18 heavy (non-hydrogen) atoms. The number of anilines is 2. The van der Waals surface area contributed by atoms with Gasteiger partial charge in [-0.3, -0.25) is 0 Å². The second-order valence-corrected chi connectivity index (χ2v) is 4.90. The Kier molecular flexibility index (Phi) is 4.01. The van der Waals surface area contributed by atoms with Crippen LogP contribution in [0.1, 0.15) is 38.1 Å². The van der Waals surface area contributed by atoms with Crippen molar-refractivity contribution in [3.63, 3.8) is 0 Å². The summed E-state index contributed by atoms with van der Waals surface area (Å²) in [6, 6.07) is 0.409. The van der Waals surface area contributed by atoms with E-state index < -0.39 is 0 Å². The maximum atomic E-state index is 5.91. The molecule has 1 aromatic heterocycles. The average molecular weight is 250 g/mol. The number of aromatic nitrogens is 2. The van der Waals surface area contributed by atoms with E-state index >= 15 is 0 Å². The Hall–Kier alpha value is -1.36. The second-order valence-electron chi connectivity index (χ2n) is 4.90. The van der Waals surface area contributed by atoms with Gasteiger partial charge in [0.25, 0.3) is 0 Å². The molecule has 5 nitrogen and oxygen atoms in total. The van der Waals surface area contributed by atoms with E-state index in [9.17, 15) is 0 Å². The van der Waals surface area contributed by atoms with Crippen LogP contribution in [0.25, 0.3) is 0 Å². The van der Waals surface area contributed by atoms with Gasteiger partial charge in [-0.05, 0) is 26.7 Å². The molecule has 1 saturated heterocycles. The zero-order valence-corrected chi connectivity index (χ0v) is 11.4. The maximum absolute atomic E-state index is 5.91. The van der Waals surface area contributed by atoms with Crippen molar-refractivity contribution in [1.29, 1.82) is 0 Å². The van der Waals surface area contributed by atoms with Gasteiger partial charge in [0.2, 0.25) is 0 Å². The number of nitrogens with zero attached hydrogens (tertiary/aromatic N) is 2. The van der Waals surface area contributed by atoms with E-state index in [2.05, 4.69) is 22.2 Å². The predicted molar refractivity (Wildman–Crippen MR) is 72.6 cm³/mol. The summed E-state index contributed by atoms with van der Waals surface area (Å²) in [5.74, 6) is 2.24. The highest BCUT2D eigenvalue weighted by Gasteiger charge is 2.20. The van der Waals surface area contributed by atoms with Crippen molar-refractivity contribution in [3.05, 3.63) is 11.4 Å². The fraction of sp³-hybridized carbons (Fsp3) is 0.692. The fourth-order valence-electron chi connectivity index (χ4n) is 2.20. The number of hydrogen-bond donors (Lipinski definition) is 2. The van der Waals surface area contributed by atoms with E-state index in [1.54, 1.807) is 0 Å². The van der Waals surface area contributed by atoms with Gasteiger partial charge in [0.15, 0.2) is 0 Å². The topological polar surface area (TPSA) is 73.1 Å². The molecule has 0 amide bonds. The van der Waals surface area contributed by atoms with Gasteiger partial charge >= 0.3 is 0 Å². The van der Waals surface area contributed by atoms with E-state index in [-0.39, 0.29) is 0 Å². The zero-order chi connectivity index (χ0) is 13.1. The Morgan fingerprint density at radius 3 is 2.89 bits per heavy atom. The van der Waals surface area contributed by atoms with Crippen LogP contribution in [0.2, 0.25) is 0 Å². The molecule has 1 fully saturated rings. The first-order valence-corrected chi connectivity index (χ1v) is 6.61. The number of aryl methyl sites for hydroxylation is 1. The first-order valence-electron chi connectivity index (χ1n) is 6.61. The third-order valence-corrected chi connectivity index (χ3v) is 3.37. The van der Waals surface area contributed by atoms with Crippen LogP contribution in [0.4, 0.5) is 11.6 Å². The van der Waals surface area contributed by atoms with E-state index in [0.29, 0.717) is 18.0 Å². The molecule has 1 aliphatic rings. The van der Waals surface area contributed by atoms with Crippen molar-refractivity contribution in [2.75, 3.05) is 17.7 Å². The van der Waals surface area contributed by atoms with E-state index in [1.807, 2.05) is 13.8 Å². The summed E-state index contributed by atoms with van der Waals surface area (Å²) in [4.78, 5) is 8.79. The Morgan fingerprint density at radius 1 is 1.44 bits per heavy atom. The molecular formula is C13H22N4O. The summed E-state index contributed by atoms with van der Waals surface area (Å²) in [5.41, 5.74) is 6.85. The standard InChI is InChI=1S/C13H22N4O/c1-4-11-16-12(14)9(3)13(17-11)15-10-5-6-18-8(2)7-10/h8,10H,4-7H2,1-3H3,(H3,14,15,16,17). The Morgan fingerprint density at radius 2 is 2.22 bits per heavy atom. The summed E-state index contributed by atoms with van der Waals surface area (Å²) < 4.78 is 5.55. The summed E-state index contributed by atoms with van der Waals surface area (Å²) in [7, 11) is 0. The summed E-state index contributed by atoms with van der Waals surface area (Å²) in [6.45, 7) is 6.90. The molecule has 0 spiro atoms. The highest BCUT2D eigenvalue weighted by Crippen LogP contribution is 2.22. The minimum Gasteiger partial charge on any atom is -0.383 e. The molecular weight excluding hydrogens is 228 g/mol. The van der Waals surface area contributed by atoms with Crippen LogP contribution in [-0.2, 0) is 11.2 Å². The number of rotatable bonds is 3. The summed E-state index contributed by atoms with van der Waals surface area (Å²) in [6.07, 6.45) is 3.12. The molecule has 0 aliphatic carbocycles. The summed E-state index contributed by atoms with van der Waals surface area (Å²) >= 11 is 0. The van der Waals surface area contributed by atoms with Gasteiger partial charge in [0.05, 0.1) is 6.10 Å². The zero-order valence-electron chi connectivity index (χ0n) is 11.4. The van der Waals surface area contributed by atoms with Crippen LogP contribution in [0, 0.1) is 6.92 Å². The van der Waals surface area contributed by atoms with Gasteiger partial charge in [-0.2, -0.15) is 0 Å². The van der Waals surface area contributed by atoms with Crippen LogP contribution in [-0.4, -0.2) is 28.7 Å². The lowest BCUT2D eigenvalue weighted by atomic mass is 10.0. The number of nitrogens with two attached hydrogens (primary N) is 1. The Labute approximate surface area is 108 Å². The van der Waals surface area contributed by atoms with Crippen LogP contribution >= 0.6 is 0 Å². The molecule has 0 radical (unpaired) electrons. The normalized spacial score (nSPS) is 23.9. The number of nitrogens with one attached hydrogen (secondary N) is 1. The molecule has 0 bridgehead atoms. The average Bonchev–Trinajstić information content (AvgIpc) is 2.34. The third-order valence-electron chi connectivity index (χ3n) is 3.37. The van der Waals surface area contributed by atoms with Gasteiger partial charge in [0.1, 0.15) is 17.5 Å². The highest BCUT2D eigenvalue weighted by molar-refractivity contribution is 5.55. The van der Waals surface area contributed by atoms with Crippen LogP contribution < -0.4 is 11.1 Å². The minimum atomic E-state index is 0.307. The molecule has 2 atom stereocenters. The number of nitrogen functional groups attached to an aromatic ring is 1. The van der Waals surface area contributed by atoms with Crippen molar-refractivity contribution in [1.82, 2.24) is 9.97 Å². The first kappa shape index (κ1) is 13.1. The molecule has 1 aliphatic heterocycles. The quantitative estimate of drug-likeness (QED) is 0.857. The molecule has 2 heterocycles. The monoisotopic (exact) mass is 250 g/mol. The van der Waals surface area contributed by atoms with E-state index in [4.69, 9.17) is 10.5 Å². The van der Waals surface area contributed by atoms with Crippen molar-refractivity contribution in [2.45, 2.75) is 52.2 Å². The number of hydrogen-bond acceptors (Lipinski definition) is 5. The number of ether oxygens (including phenoxy) is 1. The third kappa shape index (κ3) is 2.90. The lowest BCUT2D eigenvalue weighted by Gasteiger charge is -2.29. The van der Waals surface area contributed by atoms with E-state index in [1.165, 1.54) is 0 Å². The van der Waals surface area contributed by atoms with Crippen molar-refractivity contribution >= 4 is 11.6 Å². The molecule has 3 N–H and O–H groups in total. The molecule has 2 rings (SSSR count). The molecule has 2 unspecified atom stereocenters. The molecule has 100 valence electrons. The highest BCUT2D eigenvalue weighted by atomic mass is 16.5.